The summed E-state index contributed by atoms with van der Waals surface area (Å²) < 4.78 is 22.3. The molecule has 0 saturated carbocycles. The van der Waals surface area contributed by atoms with Crippen molar-refractivity contribution in [1.82, 2.24) is 10.6 Å². The van der Waals surface area contributed by atoms with Crippen molar-refractivity contribution in [1.29, 1.82) is 0 Å². The summed E-state index contributed by atoms with van der Waals surface area (Å²) in [5, 5.41) is 5.86. The second-order valence-corrected chi connectivity index (χ2v) is 8.09. The van der Waals surface area contributed by atoms with Crippen LogP contribution in [0.4, 0.5) is 4.79 Å². The number of carbonyl (C=O) groups excluding carboxylic acids is 2. The number of amides is 1. The van der Waals surface area contributed by atoms with E-state index in [1.54, 1.807) is 18.2 Å². The molecule has 2 aromatic rings. The van der Waals surface area contributed by atoms with Crippen molar-refractivity contribution in [3.63, 3.8) is 0 Å². The summed E-state index contributed by atoms with van der Waals surface area (Å²) in [7, 11) is 0. The van der Waals surface area contributed by atoms with Crippen LogP contribution in [0, 0.1) is 0 Å². The van der Waals surface area contributed by atoms with Crippen LogP contribution in [0.5, 0.6) is 11.5 Å². The van der Waals surface area contributed by atoms with E-state index in [-0.39, 0.29) is 6.10 Å². The highest BCUT2D eigenvalue weighted by atomic mass is 16.6. The van der Waals surface area contributed by atoms with E-state index in [1.807, 2.05) is 12.1 Å². The Morgan fingerprint density at radius 1 is 1.06 bits per heavy atom. The molecular formula is C25H30N2O6. The third-order valence-corrected chi connectivity index (χ3v) is 5.60. The smallest absolute Gasteiger partial charge is 0.415 e. The number of alkyl carbamates (subject to hydrolysis) is 1. The number of hydrogen-bond acceptors (Lipinski definition) is 7. The van der Waals surface area contributed by atoms with Gasteiger partial charge in [0.1, 0.15) is 11.5 Å². The number of cyclic esters (lactones) is 2. The van der Waals surface area contributed by atoms with Gasteiger partial charge in [-0.15, -0.1) is 0 Å². The highest BCUT2D eigenvalue weighted by Gasteiger charge is 2.33. The van der Waals surface area contributed by atoms with E-state index in [0.29, 0.717) is 30.9 Å². The van der Waals surface area contributed by atoms with Gasteiger partial charge in [-0.2, -0.15) is 0 Å². The number of aryl methyl sites for hydroxylation is 1. The van der Waals surface area contributed by atoms with Crippen LogP contribution in [-0.4, -0.2) is 45.0 Å². The molecule has 1 amide bonds. The normalized spacial score (nSPS) is 20.3. The van der Waals surface area contributed by atoms with E-state index >= 15 is 0 Å². The zero-order chi connectivity index (χ0) is 23.0. The lowest BCUT2D eigenvalue weighted by Gasteiger charge is -2.25. The molecule has 2 atom stereocenters. The van der Waals surface area contributed by atoms with Crippen molar-refractivity contribution in [3.05, 3.63) is 59.2 Å². The number of ether oxygens (including phenoxy) is 4. The molecule has 0 bridgehead atoms. The fourth-order valence-electron chi connectivity index (χ4n) is 3.98. The van der Waals surface area contributed by atoms with Crippen LogP contribution in [0.2, 0.25) is 0 Å². The van der Waals surface area contributed by atoms with Crippen LogP contribution in [0.3, 0.4) is 0 Å². The van der Waals surface area contributed by atoms with Crippen molar-refractivity contribution in [2.45, 2.75) is 38.3 Å². The number of nitrogens with one attached hydrogen (secondary N) is 2. The van der Waals surface area contributed by atoms with Gasteiger partial charge in [0, 0.05) is 19.5 Å². The van der Waals surface area contributed by atoms with Gasteiger partial charge in [-0.05, 0) is 47.4 Å². The predicted molar refractivity (Wildman–Crippen MR) is 121 cm³/mol. The molecule has 8 nitrogen and oxygen atoms in total. The Morgan fingerprint density at radius 2 is 1.94 bits per heavy atom. The third-order valence-electron chi connectivity index (χ3n) is 5.60. The van der Waals surface area contributed by atoms with E-state index < -0.39 is 18.1 Å². The minimum atomic E-state index is -0.792. The molecule has 2 unspecified atom stereocenters. The molecular weight excluding hydrogens is 424 g/mol. The van der Waals surface area contributed by atoms with E-state index in [1.165, 1.54) is 11.1 Å². The lowest BCUT2D eigenvalue weighted by Crippen LogP contribution is -2.33. The van der Waals surface area contributed by atoms with Crippen LogP contribution in [0.25, 0.3) is 0 Å². The highest BCUT2D eigenvalue weighted by molar-refractivity contribution is 5.96. The average Bonchev–Trinajstić information content (AvgIpc) is 3.18. The molecule has 0 radical (unpaired) electrons. The maximum Gasteiger partial charge on any atom is 0.415 e. The summed E-state index contributed by atoms with van der Waals surface area (Å²) in [6.07, 6.45) is 2.05. The Bertz CT molecular complexity index is 973. The Morgan fingerprint density at radius 3 is 2.70 bits per heavy atom. The Hall–Kier alpha value is -3.10. The quantitative estimate of drug-likeness (QED) is 0.323. The predicted octanol–water partition coefficient (Wildman–Crippen LogP) is 3.46. The van der Waals surface area contributed by atoms with Crippen molar-refractivity contribution >= 4 is 12.1 Å². The maximum atomic E-state index is 11.7. The second-order valence-electron chi connectivity index (χ2n) is 8.09. The monoisotopic (exact) mass is 454 g/mol. The molecule has 2 N–H and O–H groups in total. The van der Waals surface area contributed by atoms with Gasteiger partial charge in [0.2, 0.25) is 0 Å². The standard InChI is InChI=1S/C25H30N2O6/c1-2-5-17-14-18(22-16-26-10-13-32-22)8-9-21(17)31-12-4-11-30-20-7-3-6-19(15-20)23-24(28)33-25(29)27-23/h3,6-9,14-15,22-23,26H,2,4-5,10-13,16H2,1H3,(H,27,29). The van der Waals surface area contributed by atoms with Crippen molar-refractivity contribution < 1.29 is 28.5 Å². The SMILES string of the molecule is CCCc1cc(C2CNCCO2)ccc1OCCCOc1cccc(C2NC(=O)OC2=O)c1. The molecule has 2 saturated heterocycles. The fourth-order valence-corrected chi connectivity index (χ4v) is 3.98. The number of esters is 1. The van der Waals surface area contributed by atoms with Gasteiger partial charge < -0.3 is 29.6 Å². The molecule has 2 aromatic carbocycles. The number of carbonyl (C=O) groups is 2. The first kappa shape index (κ1) is 23.1. The van der Waals surface area contributed by atoms with Crippen molar-refractivity contribution in [2.75, 3.05) is 32.9 Å². The highest BCUT2D eigenvalue weighted by Crippen LogP contribution is 2.27. The summed E-state index contributed by atoms with van der Waals surface area (Å²) >= 11 is 0. The Labute approximate surface area is 193 Å². The van der Waals surface area contributed by atoms with Crippen LogP contribution < -0.4 is 20.1 Å². The fraction of sp³-hybridized carbons (Fsp3) is 0.440. The third kappa shape index (κ3) is 6.03. The van der Waals surface area contributed by atoms with Gasteiger partial charge in [0.15, 0.2) is 6.04 Å². The number of hydrogen-bond donors (Lipinski definition) is 2. The molecule has 2 fully saturated rings. The lowest BCUT2D eigenvalue weighted by atomic mass is 10.0. The molecule has 33 heavy (non-hydrogen) atoms. The Balaban J connectivity index is 1.27. The zero-order valence-electron chi connectivity index (χ0n) is 18.8. The molecule has 4 rings (SSSR count). The van der Waals surface area contributed by atoms with Crippen LogP contribution in [0.15, 0.2) is 42.5 Å². The topological polar surface area (TPSA) is 95.1 Å². The lowest BCUT2D eigenvalue weighted by molar-refractivity contribution is -0.135. The van der Waals surface area contributed by atoms with Gasteiger partial charge in [-0.3, -0.25) is 0 Å². The molecule has 176 valence electrons. The summed E-state index contributed by atoms with van der Waals surface area (Å²) in [6, 6.07) is 12.6. The minimum absolute atomic E-state index is 0.0898. The van der Waals surface area contributed by atoms with Crippen LogP contribution >= 0.6 is 0 Å². The summed E-state index contributed by atoms with van der Waals surface area (Å²) in [4.78, 5) is 23.0. The largest absolute Gasteiger partial charge is 0.493 e. The van der Waals surface area contributed by atoms with Crippen LogP contribution in [-0.2, 0) is 20.7 Å². The molecule has 0 aliphatic carbocycles. The maximum absolute atomic E-state index is 11.7. The number of rotatable bonds is 10. The zero-order valence-corrected chi connectivity index (χ0v) is 18.8. The van der Waals surface area contributed by atoms with Crippen molar-refractivity contribution in [3.8, 4) is 11.5 Å². The summed E-state index contributed by atoms with van der Waals surface area (Å²) in [5.74, 6) is 0.922. The van der Waals surface area contributed by atoms with Gasteiger partial charge in [-0.1, -0.05) is 31.5 Å². The minimum Gasteiger partial charge on any atom is -0.493 e. The van der Waals surface area contributed by atoms with E-state index in [0.717, 1.165) is 38.3 Å². The molecule has 0 spiro atoms. The molecule has 2 heterocycles. The molecule has 2 aliphatic rings. The summed E-state index contributed by atoms with van der Waals surface area (Å²) in [6.45, 7) is 5.62. The number of benzene rings is 2. The first-order valence-corrected chi connectivity index (χ1v) is 11.5. The van der Waals surface area contributed by atoms with Crippen LogP contribution in [0.1, 0.15) is 48.6 Å². The first-order chi connectivity index (χ1) is 16.1. The molecule has 0 aromatic heterocycles. The first-order valence-electron chi connectivity index (χ1n) is 11.5. The molecule has 8 heteroatoms. The summed E-state index contributed by atoms with van der Waals surface area (Å²) in [5.41, 5.74) is 3.01. The van der Waals surface area contributed by atoms with E-state index in [9.17, 15) is 9.59 Å². The van der Waals surface area contributed by atoms with Crippen molar-refractivity contribution in [2.24, 2.45) is 0 Å². The molecule has 2 aliphatic heterocycles. The van der Waals surface area contributed by atoms with E-state index in [4.69, 9.17) is 14.2 Å². The number of morpholine rings is 1. The van der Waals surface area contributed by atoms with Gasteiger partial charge in [-0.25, -0.2) is 9.59 Å². The second kappa shape index (κ2) is 11.2. The van der Waals surface area contributed by atoms with Gasteiger partial charge >= 0.3 is 12.1 Å². The van der Waals surface area contributed by atoms with Gasteiger partial charge in [0.05, 0.1) is 25.9 Å². The van der Waals surface area contributed by atoms with Gasteiger partial charge in [0.25, 0.3) is 0 Å². The Kier molecular flexibility index (Phi) is 7.80. The average molecular weight is 455 g/mol. The van der Waals surface area contributed by atoms with E-state index in [2.05, 4.69) is 34.4 Å².